The van der Waals surface area contributed by atoms with Gasteiger partial charge in [-0.25, -0.2) is 0 Å². The van der Waals surface area contributed by atoms with Gasteiger partial charge in [-0.1, -0.05) is 54.5 Å². The van der Waals surface area contributed by atoms with Crippen LogP contribution in [0.5, 0.6) is 0 Å². The molecule has 1 aliphatic heterocycles. The molecule has 1 fully saturated rings. The second-order valence-electron chi connectivity index (χ2n) is 6.32. The number of quaternary nitrogens is 1. The lowest BCUT2D eigenvalue weighted by atomic mass is 10.0. The van der Waals surface area contributed by atoms with Gasteiger partial charge in [-0.3, -0.25) is 0 Å². The van der Waals surface area contributed by atoms with Gasteiger partial charge in [0.05, 0.1) is 13.1 Å². The Bertz CT molecular complexity index is 634. The number of likely N-dealkylation sites (tertiary alicyclic amines) is 1. The molecule has 23 heavy (non-hydrogen) atoms. The first-order valence-electron chi connectivity index (χ1n) is 8.29. The average Bonchev–Trinajstić information content (AvgIpc) is 2.58. The van der Waals surface area contributed by atoms with E-state index in [9.17, 15) is 0 Å². The molecule has 3 rings (SSSR count). The summed E-state index contributed by atoms with van der Waals surface area (Å²) in [4.78, 5) is 0. The van der Waals surface area contributed by atoms with E-state index in [1.54, 1.807) is 0 Å². The van der Waals surface area contributed by atoms with Crippen molar-refractivity contribution in [1.82, 2.24) is 0 Å². The van der Waals surface area contributed by atoms with Crippen LogP contribution in [-0.2, 0) is 6.54 Å². The van der Waals surface area contributed by atoms with E-state index in [0.29, 0.717) is 0 Å². The first-order chi connectivity index (χ1) is 10.9. The Hall–Kier alpha value is -1.75. The largest absolute Gasteiger partial charge is 1.00 e. The highest BCUT2D eigenvalue weighted by Crippen LogP contribution is 2.22. The Morgan fingerprint density at radius 2 is 1.39 bits per heavy atom. The van der Waals surface area contributed by atoms with Crippen molar-refractivity contribution in [3.05, 3.63) is 71.8 Å². The smallest absolute Gasteiger partial charge is 0.141 e. The SMILES string of the molecule is C(#Cc1ccccc1)C[N+]1(Cc2ccccc2)CCCCC1.[Cl-]. The van der Waals surface area contributed by atoms with Crippen molar-refractivity contribution in [2.24, 2.45) is 0 Å². The molecular weight excluding hydrogens is 302 g/mol. The summed E-state index contributed by atoms with van der Waals surface area (Å²) >= 11 is 0. The molecule has 1 aliphatic rings. The van der Waals surface area contributed by atoms with E-state index in [4.69, 9.17) is 0 Å². The Balaban J connectivity index is 0.00000192. The summed E-state index contributed by atoms with van der Waals surface area (Å²) in [7, 11) is 0. The van der Waals surface area contributed by atoms with E-state index in [1.807, 2.05) is 6.07 Å². The third kappa shape index (κ3) is 5.13. The van der Waals surface area contributed by atoms with E-state index in [1.165, 1.54) is 37.9 Å². The molecule has 0 atom stereocenters. The average molecular weight is 326 g/mol. The van der Waals surface area contributed by atoms with Gasteiger partial charge in [-0.2, -0.15) is 0 Å². The molecule has 2 heteroatoms. The maximum Gasteiger partial charge on any atom is 0.141 e. The van der Waals surface area contributed by atoms with Gasteiger partial charge in [0.15, 0.2) is 0 Å². The van der Waals surface area contributed by atoms with Gasteiger partial charge < -0.3 is 16.9 Å². The van der Waals surface area contributed by atoms with Crippen LogP contribution in [0.15, 0.2) is 60.7 Å². The molecule has 0 N–H and O–H groups in total. The second kappa shape index (κ2) is 8.77. The zero-order valence-corrected chi connectivity index (χ0v) is 14.3. The third-order valence-electron chi connectivity index (χ3n) is 4.55. The molecule has 0 aliphatic carbocycles. The molecule has 0 saturated carbocycles. The van der Waals surface area contributed by atoms with Crippen molar-refractivity contribution in [3.8, 4) is 11.8 Å². The van der Waals surface area contributed by atoms with Crippen LogP contribution in [0.25, 0.3) is 0 Å². The van der Waals surface area contributed by atoms with E-state index >= 15 is 0 Å². The van der Waals surface area contributed by atoms with E-state index in [0.717, 1.165) is 23.1 Å². The van der Waals surface area contributed by atoms with Gasteiger partial charge in [0, 0.05) is 11.1 Å². The molecule has 0 bridgehead atoms. The fraction of sp³-hybridized carbons (Fsp3) is 0.333. The quantitative estimate of drug-likeness (QED) is 0.588. The molecule has 0 aromatic heterocycles. The molecule has 1 saturated heterocycles. The van der Waals surface area contributed by atoms with Crippen molar-refractivity contribution < 1.29 is 16.9 Å². The van der Waals surface area contributed by atoms with Gasteiger partial charge in [0.25, 0.3) is 0 Å². The van der Waals surface area contributed by atoms with Crippen LogP contribution in [0.2, 0.25) is 0 Å². The molecule has 1 nitrogen and oxygen atoms in total. The van der Waals surface area contributed by atoms with Gasteiger partial charge in [0.1, 0.15) is 13.1 Å². The molecule has 0 unspecified atom stereocenters. The van der Waals surface area contributed by atoms with Gasteiger partial charge in [-0.05, 0) is 37.3 Å². The predicted octanol–water partition coefficient (Wildman–Crippen LogP) is 1.24. The van der Waals surface area contributed by atoms with Crippen molar-refractivity contribution in [1.29, 1.82) is 0 Å². The standard InChI is InChI=1S/C21H24N.ClH/c1-4-11-20(12-5-1)15-10-18-22(16-8-3-9-17-22)19-21-13-6-2-7-14-21;/h1-2,4-7,11-14H,3,8-9,16-19H2;1H/q+1;/p-1. The zero-order valence-electron chi connectivity index (χ0n) is 13.5. The highest BCUT2D eigenvalue weighted by Gasteiger charge is 2.29. The first-order valence-corrected chi connectivity index (χ1v) is 8.29. The predicted molar refractivity (Wildman–Crippen MR) is 92.2 cm³/mol. The highest BCUT2D eigenvalue weighted by molar-refractivity contribution is 5.33. The van der Waals surface area contributed by atoms with Crippen LogP contribution in [-0.4, -0.2) is 24.1 Å². The Labute approximate surface area is 146 Å². The zero-order chi connectivity index (χ0) is 15.1. The molecule has 2 aromatic rings. The number of nitrogens with zero attached hydrogens (tertiary/aromatic N) is 1. The summed E-state index contributed by atoms with van der Waals surface area (Å²) in [6, 6.07) is 21.2. The molecule has 2 aromatic carbocycles. The summed E-state index contributed by atoms with van der Waals surface area (Å²) in [6.45, 7) is 4.60. The van der Waals surface area contributed by atoms with Crippen LogP contribution < -0.4 is 12.4 Å². The van der Waals surface area contributed by atoms with Crippen LogP contribution in [0, 0.1) is 11.8 Å². The van der Waals surface area contributed by atoms with Gasteiger partial charge >= 0.3 is 0 Å². The van der Waals surface area contributed by atoms with Crippen molar-refractivity contribution >= 4 is 0 Å². The third-order valence-corrected chi connectivity index (χ3v) is 4.55. The van der Waals surface area contributed by atoms with Crippen molar-refractivity contribution in [2.45, 2.75) is 25.8 Å². The molecule has 0 radical (unpaired) electrons. The maximum atomic E-state index is 3.45. The fourth-order valence-electron chi connectivity index (χ4n) is 3.36. The maximum absolute atomic E-state index is 3.45. The van der Waals surface area contributed by atoms with Crippen LogP contribution in [0.3, 0.4) is 0 Å². The Morgan fingerprint density at radius 3 is 2.04 bits per heavy atom. The number of hydrogen-bond acceptors (Lipinski definition) is 0. The summed E-state index contributed by atoms with van der Waals surface area (Å²) in [5.74, 6) is 6.79. The van der Waals surface area contributed by atoms with Crippen molar-refractivity contribution in [3.63, 3.8) is 0 Å². The summed E-state index contributed by atoms with van der Waals surface area (Å²) in [6.07, 6.45) is 4.04. The molecular formula is C21H24ClN. The summed E-state index contributed by atoms with van der Waals surface area (Å²) in [5, 5.41) is 0. The summed E-state index contributed by atoms with van der Waals surface area (Å²) in [5.41, 5.74) is 2.56. The molecule has 0 amide bonds. The monoisotopic (exact) mass is 325 g/mol. The van der Waals surface area contributed by atoms with E-state index in [-0.39, 0.29) is 12.4 Å². The topological polar surface area (TPSA) is 0 Å². The lowest BCUT2D eigenvalue weighted by molar-refractivity contribution is -0.938. The minimum Gasteiger partial charge on any atom is -1.00 e. The van der Waals surface area contributed by atoms with Crippen LogP contribution in [0.1, 0.15) is 30.4 Å². The lowest BCUT2D eigenvalue weighted by Crippen LogP contribution is -3.00. The molecule has 1 heterocycles. The van der Waals surface area contributed by atoms with Gasteiger partial charge in [-0.15, -0.1) is 0 Å². The minimum atomic E-state index is 0. The number of benzene rings is 2. The number of piperidine rings is 1. The van der Waals surface area contributed by atoms with Crippen LogP contribution in [0.4, 0.5) is 0 Å². The highest BCUT2D eigenvalue weighted by atomic mass is 35.5. The molecule has 120 valence electrons. The summed E-state index contributed by atoms with van der Waals surface area (Å²) < 4.78 is 1.13. The number of rotatable bonds is 3. The molecule has 0 spiro atoms. The number of hydrogen-bond donors (Lipinski definition) is 0. The van der Waals surface area contributed by atoms with Gasteiger partial charge in [0.2, 0.25) is 0 Å². The van der Waals surface area contributed by atoms with Crippen molar-refractivity contribution in [2.75, 3.05) is 19.6 Å². The Kier molecular flexibility index (Phi) is 6.71. The normalized spacial score (nSPS) is 15.8. The lowest BCUT2D eigenvalue weighted by Gasteiger charge is -2.40. The first kappa shape index (κ1) is 17.6. The van der Waals surface area contributed by atoms with E-state index < -0.39 is 0 Å². The second-order valence-corrected chi connectivity index (χ2v) is 6.32. The number of halogens is 1. The van der Waals surface area contributed by atoms with Crippen LogP contribution >= 0.6 is 0 Å². The minimum absolute atomic E-state index is 0. The van der Waals surface area contributed by atoms with E-state index in [2.05, 4.69) is 66.4 Å². The Morgan fingerprint density at radius 1 is 0.783 bits per heavy atom. The fourth-order valence-corrected chi connectivity index (χ4v) is 3.36.